The van der Waals surface area contributed by atoms with Crippen LogP contribution < -0.4 is 5.73 Å². The van der Waals surface area contributed by atoms with Gasteiger partial charge in [0, 0.05) is 12.0 Å². The van der Waals surface area contributed by atoms with E-state index in [2.05, 4.69) is 12.1 Å². The van der Waals surface area contributed by atoms with Gasteiger partial charge in [0.05, 0.1) is 5.92 Å². The van der Waals surface area contributed by atoms with E-state index in [1.54, 1.807) is 0 Å². The summed E-state index contributed by atoms with van der Waals surface area (Å²) in [5.41, 5.74) is 6.12. The summed E-state index contributed by atoms with van der Waals surface area (Å²) in [6, 6.07) is 0. The third-order valence-corrected chi connectivity index (χ3v) is 6.23. The molecule has 0 aliphatic heterocycles. The number of aromatic nitrogens is 2. The maximum absolute atomic E-state index is 5.88. The molecule has 0 saturated heterocycles. The van der Waals surface area contributed by atoms with Crippen LogP contribution in [0, 0.1) is 17.8 Å². The highest BCUT2D eigenvalue weighted by Crippen LogP contribution is 2.60. The van der Waals surface area contributed by atoms with Crippen LogP contribution in [0.15, 0.2) is 4.52 Å². The first-order valence-electron chi connectivity index (χ1n) is 8.76. The van der Waals surface area contributed by atoms with Crippen LogP contribution in [0.25, 0.3) is 0 Å². The first-order valence-corrected chi connectivity index (χ1v) is 8.76. The number of nitrogens with zero attached hydrogens (tertiary/aromatic N) is 2. The van der Waals surface area contributed by atoms with Gasteiger partial charge in [-0.15, -0.1) is 0 Å². The second-order valence-electron chi connectivity index (χ2n) is 7.88. The molecule has 0 spiro atoms. The van der Waals surface area contributed by atoms with Crippen molar-refractivity contribution >= 4 is 0 Å². The Kier molecular flexibility index (Phi) is 3.32. The smallest absolute Gasteiger partial charge is 0.231 e. The molecule has 1 aromatic heterocycles. The molecule has 4 aliphatic carbocycles. The maximum atomic E-state index is 5.88. The van der Waals surface area contributed by atoms with Crippen molar-refractivity contribution in [2.24, 2.45) is 23.5 Å². The Morgan fingerprint density at radius 1 is 1.19 bits per heavy atom. The Morgan fingerprint density at radius 2 is 1.81 bits per heavy atom. The van der Waals surface area contributed by atoms with Gasteiger partial charge in [0.25, 0.3) is 0 Å². The van der Waals surface area contributed by atoms with E-state index < -0.39 is 0 Å². The summed E-state index contributed by atoms with van der Waals surface area (Å²) in [6.07, 6.45) is 10.4. The predicted molar refractivity (Wildman–Crippen MR) is 80.9 cm³/mol. The lowest BCUT2D eigenvalue weighted by Gasteiger charge is -2.55. The highest BCUT2D eigenvalue weighted by Gasteiger charge is 2.53. The Hall–Kier alpha value is -0.900. The minimum absolute atomic E-state index is 0.238. The summed E-state index contributed by atoms with van der Waals surface area (Å²) in [4.78, 5) is 4.83. The van der Waals surface area contributed by atoms with Crippen LogP contribution in [0.1, 0.15) is 75.9 Å². The van der Waals surface area contributed by atoms with Crippen molar-refractivity contribution in [2.45, 2.75) is 69.6 Å². The summed E-state index contributed by atoms with van der Waals surface area (Å²) in [6.45, 7) is 2.79. The predicted octanol–water partition coefficient (Wildman–Crippen LogP) is 3.38. The Balaban J connectivity index is 1.60. The van der Waals surface area contributed by atoms with Crippen LogP contribution >= 0.6 is 0 Å². The zero-order valence-electron chi connectivity index (χ0n) is 13.1. The van der Waals surface area contributed by atoms with Crippen molar-refractivity contribution in [2.75, 3.05) is 6.54 Å². The quantitative estimate of drug-likeness (QED) is 0.902. The normalized spacial score (nSPS) is 38.9. The van der Waals surface area contributed by atoms with Gasteiger partial charge < -0.3 is 10.3 Å². The van der Waals surface area contributed by atoms with E-state index in [1.165, 1.54) is 38.5 Å². The molecule has 4 aliphatic rings. The molecule has 4 nitrogen and oxygen atoms in total. The van der Waals surface area contributed by atoms with Crippen molar-refractivity contribution in [1.29, 1.82) is 0 Å². The lowest BCUT2D eigenvalue weighted by molar-refractivity contribution is -0.0103. The minimum Gasteiger partial charge on any atom is -0.339 e. The Morgan fingerprint density at radius 3 is 2.33 bits per heavy atom. The summed E-state index contributed by atoms with van der Waals surface area (Å²) >= 11 is 0. The van der Waals surface area contributed by atoms with Crippen LogP contribution in [-0.4, -0.2) is 16.7 Å². The molecule has 2 N–H and O–H groups in total. The Bertz CT molecular complexity index is 475. The van der Waals surface area contributed by atoms with Gasteiger partial charge in [-0.1, -0.05) is 18.5 Å². The minimum atomic E-state index is 0.238. The van der Waals surface area contributed by atoms with Crippen LogP contribution in [0.4, 0.5) is 0 Å². The zero-order chi connectivity index (χ0) is 14.4. The van der Waals surface area contributed by atoms with Crippen molar-refractivity contribution in [3.63, 3.8) is 0 Å². The van der Waals surface area contributed by atoms with E-state index in [9.17, 15) is 0 Å². The largest absolute Gasteiger partial charge is 0.339 e. The molecular formula is C17H27N3O. The van der Waals surface area contributed by atoms with Crippen LogP contribution in [0.2, 0.25) is 0 Å². The highest BCUT2D eigenvalue weighted by molar-refractivity contribution is 5.17. The van der Waals surface area contributed by atoms with Crippen LogP contribution in [-0.2, 0) is 5.41 Å². The fourth-order valence-corrected chi connectivity index (χ4v) is 5.69. The molecule has 5 rings (SSSR count). The van der Waals surface area contributed by atoms with E-state index in [0.717, 1.165) is 42.3 Å². The number of nitrogens with two attached hydrogens (primary N) is 1. The van der Waals surface area contributed by atoms with Gasteiger partial charge in [-0.3, -0.25) is 0 Å². The van der Waals surface area contributed by atoms with Gasteiger partial charge in [0.1, 0.15) is 0 Å². The number of hydrogen-bond donors (Lipinski definition) is 1. The third kappa shape index (κ3) is 2.23. The number of hydrogen-bond acceptors (Lipinski definition) is 4. The summed E-state index contributed by atoms with van der Waals surface area (Å²) < 4.78 is 5.62. The zero-order valence-corrected chi connectivity index (χ0v) is 13.1. The standard InChI is InChI=1S/C17H27N3O/c1-2-3-14(10-18)15-19-16(20-21-15)17-7-11-4-12(8-17)6-13(5-11)9-17/h11-14H,2-10,18H2,1H3. The molecule has 0 amide bonds. The SMILES string of the molecule is CCCC(CN)c1nc(C23CC4CC(CC(C4)C2)C3)no1. The third-order valence-electron chi connectivity index (χ3n) is 6.23. The second kappa shape index (κ2) is 5.08. The van der Waals surface area contributed by atoms with Gasteiger partial charge in [0.15, 0.2) is 5.82 Å². The molecule has 21 heavy (non-hydrogen) atoms. The van der Waals surface area contributed by atoms with E-state index in [-0.39, 0.29) is 11.3 Å². The van der Waals surface area contributed by atoms with E-state index in [1.807, 2.05) is 0 Å². The fraction of sp³-hybridized carbons (Fsp3) is 0.882. The molecule has 4 heteroatoms. The Labute approximate surface area is 126 Å². The van der Waals surface area contributed by atoms with Gasteiger partial charge in [0.2, 0.25) is 5.89 Å². The summed E-state index contributed by atoms with van der Waals surface area (Å²) in [5.74, 6) is 4.78. The molecule has 4 saturated carbocycles. The topological polar surface area (TPSA) is 64.9 Å². The van der Waals surface area contributed by atoms with Crippen molar-refractivity contribution in [3.8, 4) is 0 Å². The van der Waals surface area contributed by atoms with Crippen molar-refractivity contribution in [1.82, 2.24) is 10.1 Å². The van der Waals surface area contributed by atoms with Crippen LogP contribution in [0.5, 0.6) is 0 Å². The summed E-state index contributed by atoms with van der Waals surface area (Å²) in [5, 5.41) is 4.42. The van der Waals surface area contributed by atoms with E-state index >= 15 is 0 Å². The van der Waals surface area contributed by atoms with Crippen molar-refractivity contribution < 1.29 is 4.52 Å². The van der Waals surface area contributed by atoms with Gasteiger partial charge in [-0.05, 0) is 62.7 Å². The molecule has 116 valence electrons. The summed E-state index contributed by atoms with van der Waals surface area (Å²) in [7, 11) is 0. The lowest BCUT2D eigenvalue weighted by Crippen LogP contribution is -2.49. The van der Waals surface area contributed by atoms with Gasteiger partial charge in [-0.2, -0.15) is 4.98 Å². The molecule has 0 aromatic carbocycles. The van der Waals surface area contributed by atoms with Crippen molar-refractivity contribution in [3.05, 3.63) is 11.7 Å². The van der Waals surface area contributed by atoms with Gasteiger partial charge in [-0.25, -0.2) is 0 Å². The van der Waals surface area contributed by atoms with Crippen LogP contribution in [0.3, 0.4) is 0 Å². The average molecular weight is 289 g/mol. The molecular weight excluding hydrogens is 262 g/mol. The lowest BCUT2D eigenvalue weighted by atomic mass is 9.49. The average Bonchev–Trinajstić information content (AvgIpc) is 2.93. The molecule has 4 bridgehead atoms. The maximum Gasteiger partial charge on any atom is 0.231 e. The monoisotopic (exact) mass is 289 g/mol. The molecule has 1 aromatic rings. The first-order chi connectivity index (χ1) is 10.2. The molecule has 0 radical (unpaired) electrons. The molecule has 4 fully saturated rings. The molecule has 1 unspecified atom stereocenters. The first kappa shape index (κ1) is 13.7. The van der Waals surface area contributed by atoms with E-state index in [0.29, 0.717) is 6.54 Å². The molecule has 1 heterocycles. The highest BCUT2D eigenvalue weighted by atomic mass is 16.5. The molecule has 1 atom stereocenters. The second-order valence-corrected chi connectivity index (χ2v) is 7.88. The van der Waals surface area contributed by atoms with Gasteiger partial charge >= 0.3 is 0 Å². The number of rotatable bonds is 5. The van der Waals surface area contributed by atoms with E-state index in [4.69, 9.17) is 15.2 Å². The fourth-order valence-electron chi connectivity index (χ4n) is 5.69.